The number of carbonyl (C=O) groups excluding carboxylic acids is 1. The highest BCUT2D eigenvalue weighted by atomic mass is 16.2. The molecular formula is C12H13N3O. The number of aryl methyl sites for hydroxylation is 1. The van der Waals surface area contributed by atoms with E-state index in [4.69, 9.17) is 0 Å². The van der Waals surface area contributed by atoms with Crippen molar-refractivity contribution in [2.24, 2.45) is 7.05 Å². The molecule has 4 heteroatoms. The summed E-state index contributed by atoms with van der Waals surface area (Å²) < 4.78 is 1.66. The second kappa shape index (κ2) is 3.33. The van der Waals surface area contributed by atoms with Crippen LogP contribution in [-0.2, 0) is 7.05 Å². The van der Waals surface area contributed by atoms with Gasteiger partial charge in [0.1, 0.15) is 5.69 Å². The van der Waals surface area contributed by atoms with E-state index in [9.17, 15) is 4.79 Å². The summed E-state index contributed by atoms with van der Waals surface area (Å²) in [4.78, 5) is 12.0. The minimum Gasteiger partial charge on any atom is -0.348 e. The van der Waals surface area contributed by atoms with Gasteiger partial charge in [0.15, 0.2) is 0 Å². The lowest BCUT2D eigenvalue weighted by Gasteiger charge is -2.03. The minimum absolute atomic E-state index is 0.0151. The van der Waals surface area contributed by atoms with Crippen LogP contribution in [0.25, 0.3) is 10.9 Å². The Kier molecular flexibility index (Phi) is 1.96. The summed E-state index contributed by atoms with van der Waals surface area (Å²) in [5.41, 5.74) is 1.52. The Morgan fingerprint density at radius 3 is 2.94 bits per heavy atom. The Morgan fingerprint density at radius 2 is 2.19 bits per heavy atom. The van der Waals surface area contributed by atoms with Gasteiger partial charge in [-0.15, -0.1) is 0 Å². The van der Waals surface area contributed by atoms with Gasteiger partial charge in [0.05, 0.1) is 5.52 Å². The van der Waals surface area contributed by atoms with Crippen molar-refractivity contribution in [1.82, 2.24) is 15.1 Å². The van der Waals surface area contributed by atoms with E-state index in [0.29, 0.717) is 11.7 Å². The third-order valence-corrected chi connectivity index (χ3v) is 2.87. The predicted octanol–water partition coefficient (Wildman–Crippen LogP) is 1.47. The molecule has 0 saturated heterocycles. The summed E-state index contributed by atoms with van der Waals surface area (Å²) in [6.45, 7) is 0. The van der Waals surface area contributed by atoms with Gasteiger partial charge in [0.25, 0.3) is 5.91 Å². The number of amides is 1. The lowest BCUT2D eigenvalue weighted by Crippen LogP contribution is -2.27. The number of nitrogens with one attached hydrogen (secondary N) is 1. The highest BCUT2D eigenvalue weighted by molar-refractivity contribution is 6.05. The van der Waals surface area contributed by atoms with E-state index >= 15 is 0 Å². The largest absolute Gasteiger partial charge is 0.348 e. The summed E-state index contributed by atoms with van der Waals surface area (Å²) in [5, 5.41) is 8.23. The smallest absolute Gasteiger partial charge is 0.270 e. The van der Waals surface area contributed by atoms with Crippen molar-refractivity contribution in [2.75, 3.05) is 0 Å². The number of nitrogens with zero attached hydrogens (tertiary/aromatic N) is 2. The van der Waals surface area contributed by atoms with Crippen molar-refractivity contribution >= 4 is 16.8 Å². The molecular weight excluding hydrogens is 202 g/mol. The first kappa shape index (κ1) is 9.39. The minimum atomic E-state index is -0.0151. The van der Waals surface area contributed by atoms with E-state index in [-0.39, 0.29) is 5.91 Å². The average Bonchev–Trinajstić information content (AvgIpc) is 2.98. The van der Waals surface area contributed by atoms with Crippen LogP contribution in [0.3, 0.4) is 0 Å². The lowest BCUT2D eigenvalue weighted by molar-refractivity contribution is 0.0943. The number of hydrogen-bond donors (Lipinski definition) is 1. The Balaban J connectivity index is 2.06. The molecule has 1 fully saturated rings. The van der Waals surface area contributed by atoms with Gasteiger partial charge in [0.2, 0.25) is 0 Å². The van der Waals surface area contributed by atoms with Gasteiger partial charge in [-0.1, -0.05) is 18.2 Å². The molecule has 1 aromatic carbocycles. The zero-order valence-corrected chi connectivity index (χ0v) is 9.10. The number of fused-ring (bicyclic) bond motifs is 1. The van der Waals surface area contributed by atoms with E-state index < -0.39 is 0 Å². The molecule has 1 aliphatic rings. The number of rotatable bonds is 2. The summed E-state index contributed by atoms with van der Waals surface area (Å²) in [6, 6.07) is 8.09. The summed E-state index contributed by atoms with van der Waals surface area (Å²) in [6.07, 6.45) is 2.20. The topological polar surface area (TPSA) is 46.9 Å². The number of hydrogen-bond acceptors (Lipinski definition) is 2. The first-order valence-electron chi connectivity index (χ1n) is 5.48. The quantitative estimate of drug-likeness (QED) is 0.824. The van der Waals surface area contributed by atoms with Gasteiger partial charge < -0.3 is 5.32 Å². The van der Waals surface area contributed by atoms with Gasteiger partial charge in [-0.2, -0.15) is 5.10 Å². The van der Waals surface area contributed by atoms with Crippen LogP contribution in [0, 0.1) is 0 Å². The summed E-state index contributed by atoms with van der Waals surface area (Å²) in [5.74, 6) is -0.0151. The fourth-order valence-corrected chi connectivity index (χ4v) is 1.90. The second-order valence-electron chi connectivity index (χ2n) is 4.24. The Hall–Kier alpha value is -1.84. The molecule has 16 heavy (non-hydrogen) atoms. The third kappa shape index (κ3) is 1.46. The van der Waals surface area contributed by atoms with Gasteiger partial charge in [-0.25, -0.2) is 0 Å². The maximum absolute atomic E-state index is 12.0. The van der Waals surface area contributed by atoms with Gasteiger partial charge in [-0.3, -0.25) is 9.48 Å². The van der Waals surface area contributed by atoms with E-state index in [2.05, 4.69) is 10.4 Å². The van der Waals surface area contributed by atoms with Crippen LogP contribution < -0.4 is 5.32 Å². The second-order valence-corrected chi connectivity index (χ2v) is 4.24. The SMILES string of the molecule is Cn1nc2ccccc2c1C(=O)NC1CC1. The molecule has 0 radical (unpaired) electrons. The third-order valence-electron chi connectivity index (χ3n) is 2.87. The Morgan fingerprint density at radius 1 is 1.44 bits per heavy atom. The normalized spacial score (nSPS) is 15.3. The molecule has 1 amide bonds. The van der Waals surface area contributed by atoms with Crippen LogP contribution in [-0.4, -0.2) is 21.7 Å². The van der Waals surface area contributed by atoms with Crippen LogP contribution in [0.15, 0.2) is 24.3 Å². The number of aromatic nitrogens is 2. The zero-order valence-electron chi connectivity index (χ0n) is 9.10. The number of carbonyl (C=O) groups is 1. The fourth-order valence-electron chi connectivity index (χ4n) is 1.90. The van der Waals surface area contributed by atoms with Crippen LogP contribution in [0.1, 0.15) is 23.3 Å². The first-order valence-corrected chi connectivity index (χ1v) is 5.48. The zero-order chi connectivity index (χ0) is 11.1. The molecule has 1 saturated carbocycles. The van der Waals surface area contributed by atoms with Crippen LogP contribution in [0.4, 0.5) is 0 Å². The summed E-state index contributed by atoms with van der Waals surface area (Å²) in [7, 11) is 1.81. The van der Waals surface area contributed by atoms with Crippen LogP contribution in [0.5, 0.6) is 0 Å². The van der Waals surface area contributed by atoms with Gasteiger partial charge >= 0.3 is 0 Å². The van der Waals surface area contributed by atoms with E-state index in [0.717, 1.165) is 23.7 Å². The van der Waals surface area contributed by atoms with Crippen molar-refractivity contribution < 1.29 is 4.79 Å². The van der Waals surface area contributed by atoms with E-state index in [1.165, 1.54) is 0 Å². The molecule has 1 heterocycles. The molecule has 0 unspecified atom stereocenters. The Labute approximate surface area is 93.3 Å². The van der Waals surface area contributed by atoms with Gasteiger partial charge in [-0.05, 0) is 18.9 Å². The molecule has 3 rings (SSSR count). The van der Waals surface area contributed by atoms with Gasteiger partial charge in [0, 0.05) is 18.5 Å². The van der Waals surface area contributed by atoms with E-state index in [1.54, 1.807) is 4.68 Å². The maximum atomic E-state index is 12.0. The molecule has 4 nitrogen and oxygen atoms in total. The molecule has 1 N–H and O–H groups in total. The number of benzene rings is 1. The lowest BCUT2D eigenvalue weighted by atomic mass is 10.2. The standard InChI is InChI=1S/C12H13N3O/c1-15-11(12(16)13-8-6-7-8)9-4-2-3-5-10(9)14-15/h2-5,8H,6-7H2,1H3,(H,13,16). The van der Waals surface area contributed by atoms with Crippen molar-refractivity contribution in [3.05, 3.63) is 30.0 Å². The molecule has 0 bridgehead atoms. The molecule has 82 valence electrons. The molecule has 0 aliphatic heterocycles. The Bertz CT molecular complexity index is 554. The fraction of sp³-hybridized carbons (Fsp3) is 0.333. The van der Waals surface area contributed by atoms with Crippen molar-refractivity contribution in [3.63, 3.8) is 0 Å². The van der Waals surface area contributed by atoms with Crippen LogP contribution >= 0.6 is 0 Å². The van der Waals surface area contributed by atoms with E-state index in [1.807, 2.05) is 31.3 Å². The first-order chi connectivity index (χ1) is 7.75. The molecule has 1 aliphatic carbocycles. The van der Waals surface area contributed by atoms with Crippen molar-refractivity contribution in [1.29, 1.82) is 0 Å². The highest BCUT2D eigenvalue weighted by Crippen LogP contribution is 2.21. The van der Waals surface area contributed by atoms with Crippen molar-refractivity contribution in [3.8, 4) is 0 Å². The van der Waals surface area contributed by atoms with Crippen LogP contribution in [0.2, 0.25) is 0 Å². The maximum Gasteiger partial charge on any atom is 0.270 e. The summed E-state index contributed by atoms with van der Waals surface area (Å²) >= 11 is 0. The highest BCUT2D eigenvalue weighted by Gasteiger charge is 2.26. The average molecular weight is 215 g/mol. The van der Waals surface area contributed by atoms with Crippen molar-refractivity contribution in [2.45, 2.75) is 18.9 Å². The molecule has 1 aromatic heterocycles. The monoisotopic (exact) mass is 215 g/mol. The predicted molar refractivity (Wildman–Crippen MR) is 61.2 cm³/mol. The molecule has 0 atom stereocenters. The molecule has 0 spiro atoms. The molecule has 2 aromatic rings.